The summed E-state index contributed by atoms with van der Waals surface area (Å²) in [4.78, 5) is 12.4. The maximum Gasteiger partial charge on any atom is 0.436 e. The molecular weight excluding hydrogens is 359 g/mol. The second-order valence-electron chi connectivity index (χ2n) is 6.10. The van der Waals surface area contributed by atoms with Crippen LogP contribution in [0.1, 0.15) is 48.8 Å². The average molecular weight is 376 g/mol. The zero-order valence-electron chi connectivity index (χ0n) is 13.6. The van der Waals surface area contributed by atoms with Crippen LogP contribution in [0.4, 0.5) is 13.2 Å². The minimum Gasteiger partial charge on any atom is -0.349 e. The van der Waals surface area contributed by atoms with E-state index in [2.05, 4.69) is 15.5 Å². The molecule has 3 rings (SSSR count). The van der Waals surface area contributed by atoms with Crippen LogP contribution in [0.25, 0.3) is 0 Å². The summed E-state index contributed by atoms with van der Waals surface area (Å²) >= 11 is 5.93. The molecule has 0 aliphatic heterocycles. The van der Waals surface area contributed by atoms with Gasteiger partial charge < -0.3 is 5.32 Å². The minimum atomic E-state index is -4.66. The maximum absolute atomic E-state index is 13.1. The number of nitrogens with one attached hydrogen (secondary N) is 1. The number of hydrogen-bond donors (Lipinski definition) is 1. The molecule has 0 saturated heterocycles. The van der Waals surface area contributed by atoms with Crippen LogP contribution in [-0.4, -0.2) is 25.5 Å². The molecule has 2 heterocycles. The molecule has 0 radical (unpaired) electrons. The maximum atomic E-state index is 13.1. The van der Waals surface area contributed by atoms with E-state index >= 15 is 0 Å². The lowest BCUT2D eigenvalue weighted by atomic mass is 10.2. The Balaban J connectivity index is 1.82. The molecule has 2 aromatic rings. The van der Waals surface area contributed by atoms with E-state index in [1.165, 1.54) is 6.92 Å². The van der Waals surface area contributed by atoms with Gasteiger partial charge in [-0.1, -0.05) is 11.6 Å². The quantitative estimate of drug-likeness (QED) is 0.873. The van der Waals surface area contributed by atoms with Crippen LogP contribution in [0.5, 0.6) is 0 Å². The molecule has 136 valence electrons. The van der Waals surface area contributed by atoms with E-state index in [9.17, 15) is 18.0 Å². The first-order valence-electron chi connectivity index (χ1n) is 7.79. The fourth-order valence-corrected chi connectivity index (χ4v) is 3.02. The number of aromatic nitrogens is 4. The summed E-state index contributed by atoms with van der Waals surface area (Å²) in [6.45, 7) is 1.73. The van der Waals surface area contributed by atoms with Crippen molar-refractivity contribution in [2.75, 3.05) is 0 Å². The highest BCUT2D eigenvalue weighted by molar-refractivity contribution is 6.32. The SMILES string of the molecule is CC(C(=O)NCc1ccnn1C)n1nc(C(F)(F)F)c(Cl)c1C1CC1. The standard InChI is InChI=1S/C15H17ClF3N5O/c1-8(14(25)20-7-10-5-6-21-23(10)2)24-12(9-3-4-9)11(16)13(22-24)15(17,18)19/h5-6,8-9H,3-4,7H2,1-2H3,(H,20,25). The molecule has 6 nitrogen and oxygen atoms in total. The Morgan fingerprint density at radius 3 is 2.68 bits per heavy atom. The summed E-state index contributed by atoms with van der Waals surface area (Å²) in [7, 11) is 1.74. The second kappa shape index (κ2) is 6.36. The Labute approximate surface area is 146 Å². The van der Waals surface area contributed by atoms with E-state index in [-0.39, 0.29) is 18.2 Å². The molecule has 0 aromatic carbocycles. The highest BCUT2D eigenvalue weighted by Crippen LogP contribution is 2.47. The third kappa shape index (κ3) is 3.51. The van der Waals surface area contributed by atoms with Gasteiger partial charge in [-0.25, -0.2) is 0 Å². The van der Waals surface area contributed by atoms with Crippen molar-refractivity contribution in [2.45, 2.75) is 44.4 Å². The summed E-state index contributed by atoms with van der Waals surface area (Å²) in [5, 5.41) is 9.89. The molecular formula is C15H17ClF3N5O. The number of alkyl halides is 3. The van der Waals surface area contributed by atoms with Gasteiger partial charge >= 0.3 is 6.18 Å². The van der Waals surface area contributed by atoms with Crippen molar-refractivity contribution in [3.05, 3.63) is 34.4 Å². The van der Waals surface area contributed by atoms with Gasteiger partial charge in [0.05, 0.1) is 23.0 Å². The zero-order chi connectivity index (χ0) is 18.4. The Morgan fingerprint density at radius 2 is 2.16 bits per heavy atom. The molecule has 1 saturated carbocycles. The van der Waals surface area contributed by atoms with Gasteiger partial charge in [-0.2, -0.15) is 23.4 Å². The van der Waals surface area contributed by atoms with Gasteiger partial charge in [0.25, 0.3) is 0 Å². The largest absolute Gasteiger partial charge is 0.436 e. The van der Waals surface area contributed by atoms with Gasteiger partial charge in [-0.3, -0.25) is 14.2 Å². The van der Waals surface area contributed by atoms with Gasteiger partial charge in [0.2, 0.25) is 5.91 Å². The number of carbonyl (C=O) groups excluding carboxylic acids is 1. The first kappa shape index (κ1) is 17.8. The molecule has 10 heteroatoms. The fourth-order valence-electron chi connectivity index (χ4n) is 2.64. The lowest BCUT2D eigenvalue weighted by Crippen LogP contribution is -2.32. The third-order valence-electron chi connectivity index (χ3n) is 4.23. The van der Waals surface area contributed by atoms with E-state index in [1.807, 2.05) is 0 Å². The molecule has 2 aromatic heterocycles. The predicted molar refractivity (Wildman–Crippen MR) is 84.0 cm³/mol. The van der Waals surface area contributed by atoms with Crippen LogP contribution in [0.15, 0.2) is 12.3 Å². The van der Waals surface area contributed by atoms with E-state index in [0.29, 0.717) is 0 Å². The number of halogens is 4. The molecule has 1 fully saturated rings. The highest BCUT2D eigenvalue weighted by Gasteiger charge is 2.43. The summed E-state index contributed by atoms with van der Waals surface area (Å²) in [5.74, 6) is -0.514. The monoisotopic (exact) mass is 375 g/mol. The van der Waals surface area contributed by atoms with Gasteiger partial charge in [0.1, 0.15) is 6.04 Å². The molecule has 0 bridgehead atoms. The number of aryl methyl sites for hydroxylation is 1. The van der Waals surface area contributed by atoms with Crippen LogP contribution in [-0.2, 0) is 24.6 Å². The van der Waals surface area contributed by atoms with E-state index in [0.717, 1.165) is 23.2 Å². The number of rotatable bonds is 5. The van der Waals surface area contributed by atoms with Crippen molar-refractivity contribution in [1.82, 2.24) is 24.9 Å². The summed E-state index contributed by atoms with van der Waals surface area (Å²) in [5.41, 5.74) is -0.0722. The minimum absolute atomic E-state index is 0.0802. The molecule has 1 N–H and O–H groups in total. The van der Waals surface area contributed by atoms with Crippen molar-refractivity contribution in [2.24, 2.45) is 7.05 Å². The van der Waals surface area contributed by atoms with Gasteiger partial charge in [0, 0.05) is 19.2 Å². The Morgan fingerprint density at radius 1 is 1.48 bits per heavy atom. The highest BCUT2D eigenvalue weighted by atomic mass is 35.5. The van der Waals surface area contributed by atoms with Crippen molar-refractivity contribution in [3.8, 4) is 0 Å². The van der Waals surface area contributed by atoms with Crippen molar-refractivity contribution < 1.29 is 18.0 Å². The summed E-state index contributed by atoms with van der Waals surface area (Å²) in [6.07, 6.45) is -1.58. The van der Waals surface area contributed by atoms with Crippen LogP contribution in [0, 0.1) is 0 Å². The third-order valence-corrected chi connectivity index (χ3v) is 4.61. The lowest BCUT2D eigenvalue weighted by molar-refractivity contribution is -0.141. The molecule has 1 aliphatic rings. The smallest absolute Gasteiger partial charge is 0.349 e. The predicted octanol–water partition coefficient (Wildman–Crippen LogP) is 3.04. The number of amides is 1. The summed E-state index contributed by atoms with van der Waals surface area (Å²) in [6, 6.07) is 0.838. The Bertz CT molecular complexity index is 794. The first-order valence-corrected chi connectivity index (χ1v) is 8.17. The van der Waals surface area contributed by atoms with Crippen LogP contribution >= 0.6 is 11.6 Å². The first-order chi connectivity index (χ1) is 11.7. The average Bonchev–Trinajstić information content (AvgIpc) is 3.18. The molecule has 1 unspecified atom stereocenters. The molecule has 25 heavy (non-hydrogen) atoms. The summed E-state index contributed by atoms with van der Waals surface area (Å²) < 4.78 is 42.0. The normalized spacial score (nSPS) is 16.1. The van der Waals surface area contributed by atoms with E-state index in [4.69, 9.17) is 11.6 Å². The van der Waals surface area contributed by atoms with Crippen molar-refractivity contribution in [3.63, 3.8) is 0 Å². The Hall–Kier alpha value is -2.03. The fraction of sp³-hybridized carbons (Fsp3) is 0.533. The lowest BCUT2D eigenvalue weighted by Gasteiger charge is -2.16. The van der Waals surface area contributed by atoms with E-state index in [1.54, 1.807) is 24.0 Å². The zero-order valence-corrected chi connectivity index (χ0v) is 14.4. The number of carbonyl (C=O) groups is 1. The second-order valence-corrected chi connectivity index (χ2v) is 6.48. The molecule has 1 atom stereocenters. The van der Waals surface area contributed by atoms with Crippen molar-refractivity contribution >= 4 is 17.5 Å². The topological polar surface area (TPSA) is 64.7 Å². The molecule has 0 spiro atoms. The van der Waals surface area contributed by atoms with Crippen LogP contribution in [0.3, 0.4) is 0 Å². The number of nitrogens with zero attached hydrogens (tertiary/aromatic N) is 4. The van der Waals surface area contributed by atoms with Crippen LogP contribution < -0.4 is 5.32 Å². The van der Waals surface area contributed by atoms with Gasteiger partial charge in [0.15, 0.2) is 5.69 Å². The van der Waals surface area contributed by atoms with Crippen molar-refractivity contribution in [1.29, 1.82) is 0 Å². The van der Waals surface area contributed by atoms with Gasteiger partial charge in [-0.15, -0.1) is 0 Å². The Kier molecular flexibility index (Phi) is 4.52. The van der Waals surface area contributed by atoms with Crippen LogP contribution in [0.2, 0.25) is 5.02 Å². The molecule has 1 aliphatic carbocycles. The van der Waals surface area contributed by atoms with E-state index < -0.39 is 28.8 Å². The number of hydrogen-bond acceptors (Lipinski definition) is 3. The molecule has 1 amide bonds. The van der Waals surface area contributed by atoms with Gasteiger partial charge in [-0.05, 0) is 25.8 Å².